The molecule has 2 aromatic rings. The van der Waals surface area contributed by atoms with Gasteiger partial charge in [0.15, 0.2) is 11.6 Å². The standard InChI is InChI=1S/C17H19FN2O3S.ClH/c1-23-17-10-13(6-8-15(17)18)24(21,22)20-16-4-2-3-11-9-12(19)5-7-14(11)16;/h5-10,16,20H,2-4,19H2,1H3;1H. The van der Waals surface area contributed by atoms with Crippen molar-refractivity contribution in [1.29, 1.82) is 0 Å². The predicted molar refractivity (Wildman–Crippen MR) is 97.1 cm³/mol. The topological polar surface area (TPSA) is 81.4 Å². The molecular formula is C17H20ClFN2O3S. The lowest BCUT2D eigenvalue weighted by atomic mass is 9.88. The minimum absolute atomic E-state index is 0. The van der Waals surface area contributed by atoms with Crippen molar-refractivity contribution in [3.63, 3.8) is 0 Å². The van der Waals surface area contributed by atoms with Gasteiger partial charge in [-0.15, -0.1) is 12.4 Å². The SMILES string of the molecule is COc1cc(S(=O)(=O)NC2CCCc3cc(N)ccc32)ccc1F.Cl. The van der Waals surface area contributed by atoms with Gasteiger partial charge in [-0.3, -0.25) is 0 Å². The second-order valence-electron chi connectivity index (χ2n) is 5.82. The number of aryl methyl sites for hydroxylation is 1. The number of anilines is 1. The molecule has 2 aromatic carbocycles. The smallest absolute Gasteiger partial charge is 0.241 e. The van der Waals surface area contributed by atoms with Crippen LogP contribution in [0.1, 0.15) is 30.0 Å². The molecule has 3 N–H and O–H groups in total. The Morgan fingerprint density at radius 1 is 1.24 bits per heavy atom. The summed E-state index contributed by atoms with van der Waals surface area (Å²) in [7, 11) is -2.49. The first kappa shape index (κ1) is 19.5. The zero-order chi connectivity index (χ0) is 17.3. The summed E-state index contributed by atoms with van der Waals surface area (Å²) in [5.74, 6) is -0.704. The second kappa shape index (κ2) is 7.59. The van der Waals surface area contributed by atoms with Gasteiger partial charge in [-0.1, -0.05) is 6.07 Å². The molecule has 1 atom stereocenters. The molecule has 136 valence electrons. The fraction of sp³-hybridized carbons (Fsp3) is 0.294. The Balaban J connectivity index is 0.00000225. The Bertz CT molecular complexity index is 874. The summed E-state index contributed by atoms with van der Waals surface area (Å²) < 4.78 is 46.4. The van der Waals surface area contributed by atoms with Gasteiger partial charge in [-0.2, -0.15) is 0 Å². The third-order valence-corrected chi connectivity index (χ3v) is 5.68. The van der Waals surface area contributed by atoms with Gasteiger partial charge in [0, 0.05) is 17.8 Å². The maximum atomic E-state index is 13.5. The highest BCUT2D eigenvalue weighted by atomic mass is 35.5. The monoisotopic (exact) mass is 386 g/mol. The Morgan fingerprint density at radius 3 is 2.72 bits per heavy atom. The number of hydrogen-bond acceptors (Lipinski definition) is 4. The highest BCUT2D eigenvalue weighted by Gasteiger charge is 2.26. The van der Waals surface area contributed by atoms with E-state index in [2.05, 4.69) is 4.72 Å². The molecule has 0 bridgehead atoms. The molecule has 1 aliphatic rings. The van der Waals surface area contributed by atoms with Crippen LogP contribution >= 0.6 is 12.4 Å². The third-order valence-electron chi connectivity index (χ3n) is 4.21. The zero-order valence-electron chi connectivity index (χ0n) is 13.7. The number of fused-ring (bicyclic) bond motifs is 1. The highest BCUT2D eigenvalue weighted by Crippen LogP contribution is 2.32. The largest absolute Gasteiger partial charge is 0.494 e. The first-order chi connectivity index (χ1) is 11.4. The van der Waals surface area contributed by atoms with Crippen molar-refractivity contribution in [2.24, 2.45) is 0 Å². The number of sulfonamides is 1. The number of halogens is 2. The molecule has 25 heavy (non-hydrogen) atoms. The molecule has 0 aliphatic heterocycles. The normalized spacial score (nSPS) is 16.6. The van der Waals surface area contributed by atoms with E-state index >= 15 is 0 Å². The molecule has 0 radical (unpaired) electrons. The van der Waals surface area contributed by atoms with Crippen LogP contribution in [-0.4, -0.2) is 15.5 Å². The quantitative estimate of drug-likeness (QED) is 0.790. The summed E-state index contributed by atoms with van der Waals surface area (Å²) in [5.41, 5.74) is 8.47. The van der Waals surface area contributed by atoms with Gasteiger partial charge >= 0.3 is 0 Å². The van der Waals surface area contributed by atoms with Crippen molar-refractivity contribution in [3.05, 3.63) is 53.3 Å². The van der Waals surface area contributed by atoms with Crippen molar-refractivity contribution >= 4 is 28.1 Å². The molecule has 0 saturated carbocycles. The van der Waals surface area contributed by atoms with Crippen LogP contribution in [0.4, 0.5) is 10.1 Å². The van der Waals surface area contributed by atoms with E-state index in [1.165, 1.54) is 19.2 Å². The van der Waals surface area contributed by atoms with Gasteiger partial charge in [0.25, 0.3) is 0 Å². The van der Waals surface area contributed by atoms with Gasteiger partial charge < -0.3 is 10.5 Å². The molecule has 0 fully saturated rings. The van der Waals surface area contributed by atoms with E-state index in [9.17, 15) is 12.8 Å². The minimum atomic E-state index is -3.79. The van der Waals surface area contributed by atoms with E-state index in [-0.39, 0.29) is 29.1 Å². The lowest BCUT2D eigenvalue weighted by Gasteiger charge is -2.26. The Hall–Kier alpha value is -1.83. The van der Waals surface area contributed by atoms with Gasteiger partial charge in [0.05, 0.1) is 12.0 Å². The summed E-state index contributed by atoms with van der Waals surface area (Å²) in [6.45, 7) is 0. The van der Waals surface area contributed by atoms with Crippen LogP contribution in [0.3, 0.4) is 0 Å². The fourth-order valence-electron chi connectivity index (χ4n) is 3.02. The van der Waals surface area contributed by atoms with Gasteiger partial charge in [-0.05, 0) is 54.7 Å². The molecule has 5 nitrogen and oxygen atoms in total. The number of methoxy groups -OCH3 is 1. The van der Waals surface area contributed by atoms with Crippen LogP contribution in [0.5, 0.6) is 5.75 Å². The summed E-state index contributed by atoms with van der Waals surface area (Å²) in [4.78, 5) is -0.0247. The van der Waals surface area contributed by atoms with Crippen molar-refractivity contribution in [3.8, 4) is 5.75 Å². The maximum Gasteiger partial charge on any atom is 0.241 e. The summed E-state index contributed by atoms with van der Waals surface area (Å²) in [5, 5.41) is 0. The second-order valence-corrected chi connectivity index (χ2v) is 7.53. The number of nitrogens with one attached hydrogen (secondary N) is 1. The molecule has 0 heterocycles. The van der Waals surface area contributed by atoms with E-state index in [0.717, 1.165) is 30.0 Å². The average molecular weight is 387 g/mol. The van der Waals surface area contributed by atoms with E-state index in [1.807, 2.05) is 12.1 Å². The summed E-state index contributed by atoms with van der Waals surface area (Å²) >= 11 is 0. The number of ether oxygens (including phenoxy) is 1. The van der Waals surface area contributed by atoms with Gasteiger partial charge in [0.1, 0.15) is 0 Å². The van der Waals surface area contributed by atoms with Crippen molar-refractivity contribution in [1.82, 2.24) is 4.72 Å². The summed E-state index contributed by atoms with van der Waals surface area (Å²) in [6.07, 6.45) is 2.45. The number of nitrogen functional groups attached to an aromatic ring is 1. The number of benzene rings is 2. The van der Waals surface area contributed by atoms with Crippen LogP contribution < -0.4 is 15.2 Å². The number of rotatable bonds is 4. The molecule has 3 rings (SSSR count). The van der Waals surface area contributed by atoms with Crippen LogP contribution in [0.2, 0.25) is 0 Å². The molecule has 0 spiro atoms. The number of hydrogen-bond donors (Lipinski definition) is 2. The molecule has 0 amide bonds. The van der Waals surface area contributed by atoms with Crippen molar-refractivity contribution < 1.29 is 17.5 Å². The Morgan fingerprint density at radius 2 is 2.00 bits per heavy atom. The Labute approximate surface area is 152 Å². The predicted octanol–water partition coefficient (Wildman–Crippen LogP) is 3.19. The third kappa shape index (κ3) is 4.05. The molecule has 0 saturated heterocycles. The lowest BCUT2D eigenvalue weighted by Crippen LogP contribution is -2.31. The molecule has 0 aromatic heterocycles. The van der Waals surface area contributed by atoms with E-state index in [4.69, 9.17) is 10.5 Å². The zero-order valence-corrected chi connectivity index (χ0v) is 15.3. The van der Waals surface area contributed by atoms with Gasteiger partial charge in [0.2, 0.25) is 10.0 Å². The molecular weight excluding hydrogens is 367 g/mol. The number of nitrogens with two attached hydrogens (primary N) is 1. The van der Waals surface area contributed by atoms with Crippen LogP contribution in [0, 0.1) is 5.82 Å². The maximum absolute atomic E-state index is 13.5. The molecule has 1 aliphatic carbocycles. The van der Waals surface area contributed by atoms with E-state index < -0.39 is 15.8 Å². The van der Waals surface area contributed by atoms with Crippen LogP contribution in [-0.2, 0) is 16.4 Å². The van der Waals surface area contributed by atoms with Gasteiger partial charge in [-0.25, -0.2) is 17.5 Å². The first-order valence-electron chi connectivity index (χ1n) is 7.65. The molecule has 1 unspecified atom stereocenters. The summed E-state index contributed by atoms with van der Waals surface area (Å²) in [6, 6.07) is 8.70. The first-order valence-corrected chi connectivity index (χ1v) is 9.13. The van der Waals surface area contributed by atoms with E-state index in [0.29, 0.717) is 12.1 Å². The lowest BCUT2D eigenvalue weighted by molar-refractivity contribution is 0.385. The van der Waals surface area contributed by atoms with Crippen molar-refractivity contribution in [2.45, 2.75) is 30.2 Å². The molecule has 8 heteroatoms. The Kier molecular flexibility index (Phi) is 5.92. The fourth-order valence-corrected chi connectivity index (χ4v) is 4.28. The van der Waals surface area contributed by atoms with Crippen LogP contribution in [0.25, 0.3) is 0 Å². The van der Waals surface area contributed by atoms with E-state index in [1.54, 1.807) is 6.07 Å². The average Bonchev–Trinajstić information content (AvgIpc) is 2.54. The highest BCUT2D eigenvalue weighted by molar-refractivity contribution is 7.89. The van der Waals surface area contributed by atoms with Crippen molar-refractivity contribution in [2.75, 3.05) is 12.8 Å². The minimum Gasteiger partial charge on any atom is -0.494 e. The van der Waals surface area contributed by atoms with Crippen LogP contribution in [0.15, 0.2) is 41.3 Å².